The molecule has 0 spiro atoms. The largest absolute Gasteiger partial charge is 0.443 e. The molecule has 1 atom stereocenters. The van der Waals surface area contributed by atoms with E-state index >= 15 is 0 Å². The predicted octanol–water partition coefficient (Wildman–Crippen LogP) is 3.54. The van der Waals surface area contributed by atoms with E-state index < -0.39 is 0 Å². The zero-order valence-electron chi connectivity index (χ0n) is 16.8. The average molecular weight is 427 g/mol. The third kappa shape index (κ3) is 4.46. The van der Waals surface area contributed by atoms with Crippen LogP contribution in [0.25, 0.3) is 0 Å². The van der Waals surface area contributed by atoms with Gasteiger partial charge in [0, 0.05) is 24.1 Å². The standard InChI is InChI=1S/C22H23ClN4O3/c1-15-9-10-20(28)27(25-15)14-21(29)26-11-5-4-8-19(26)22-24-13-17(30-22)12-16-6-2-3-7-18(16)23/h2-3,6-7,9-10,13,19H,4-5,8,11-12,14H2,1H3/t19-/m0/s1. The fraction of sp³-hybridized carbons (Fsp3) is 0.364. The third-order valence-electron chi connectivity index (χ3n) is 5.29. The molecule has 3 aromatic rings. The van der Waals surface area contributed by atoms with Gasteiger partial charge in [0.05, 0.1) is 11.9 Å². The number of likely N-dealkylation sites (tertiary alicyclic amines) is 1. The summed E-state index contributed by atoms with van der Waals surface area (Å²) in [5, 5.41) is 4.85. The van der Waals surface area contributed by atoms with Gasteiger partial charge in [-0.05, 0) is 43.9 Å². The highest BCUT2D eigenvalue weighted by molar-refractivity contribution is 6.31. The molecular weight excluding hydrogens is 404 g/mol. The van der Waals surface area contributed by atoms with Gasteiger partial charge in [-0.1, -0.05) is 29.8 Å². The second-order valence-corrected chi connectivity index (χ2v) is 7.91. The Hall–Kier alpha value is -2.93. The predicted molar refractivity (Wildman–Crippen MR) is 112 cm³/mol. The van der Waals surface area contributed by atoms with E-state index in [1.165, 1.54) is 10.7 Å². The van der Waals surface area contributed by atoms with Gasteiger partial charge in [-0.3, -0.25) is 9.59 Å². The monoisotopic (exact) mass is 426 g/mol. The maximum atomic E-state index is 13.0. The number of amides is 1. The van der Waals surface area contributed by atoms with E-state index in [9.17, 15) is 9.59 Å². The summed E-state index contributed by atoms with van der Waals surface area (Å²) in [7, 11) is 0. The first-order valence-electron chi connectivity index (χ1n) is 10.0. The first kappa shape index (κ1) is 20.3. The Balaban J connectivity index is 1.52. The summed E-state index contributed by atoms with van der Waals surface area (Å²) < 4.78 is 7.22. The van der Waals surface area contributed by atoms with E-state index in [0.29, 0.717) is 35.3 Å². The summed E-state index contributed by atoms with van der Waals surface area (Å²) in [6, 6.07) is 10.4. The number of halogens is 1. The summed E-state index contributed by atoms with van der Waals surface area (Å²) in [5.74, 6) is 1.06. The van der Waals surface area contributed by atoms with E-state index in [0.717, 1.165) is 24.8 Å². The van der Waals surface area contributed by atoms with Gasteiger partial charge < -0.3 is 9.32 Å². The maximum absolute atomic E-state index is 13.0. The van der Waals surface area contributed by atoms with Crippen molar-refractivity contribution in [1.29, 1.82) is 0 Å². The SMILES string of the molecule is Cc1ccc(=O)n(CC(=O)N2CCCC[C@H]2c2ncc(Cc3ccccc3Cl)o2)n1. The van der Waals surface area contributed by atoms with Crippen LogP contribution >= 0.6 is 11.6 Å². The second kappa shape index (κ2) is 8.83. The van der Waals surface area contributed by atoms with E-state index in [-0.39, 0.29) is 24.1 Å². The fourth-order valence-corrected chi connectivity index (χ4v) is 3.96. The molecule has 3 heterocycles. The van der Waals surface area contributed by atoms with E-state index in [1.54, 1.807) is 24.1 Å². The van der Waals surface area contributed by atoms with Crippen LogP contribution in [0.4, 0.5) is 0 Å². The van der Waals surface area contributed by atoms with Crippen LogP contribution in [0, 0.1) is 6.92 Å². The van der Waals surface area contributed by atoms with Crippen LogP contribution in [0.2, 0.25) is 5.02 Å². The Morgan fingerprint density at radius 2 is 2.07 bits per heavy atom. The molecule has 8 heteroatoms. The van der Waals surface area contributed by atoms with Crippen LogP contribution in [-0.4, -0.2) is 32.1 Å². The minimum Gasteiger partial charge on any atom is -0.443 e. The highest BCUT2D eigenvalue weighted by atomic mass is 35.5. The number of aromatic nitrogens is 3. The number of hydrogen-bond donors (Lipinski definition) is 0. The first-order valence-corrected chi connectivity index (χ1v) is 10.4. The van der Waals surface area contributed by atoms with Crippen molar-refractivity contribution in [2.45, 2.75) is 45.2 Å². The molecule has 0 unspecified atom stereocenters. The number of piperidine rings is 1. The molecule has 30 heavy (non-hydrogen) atoms. The number of carbonyl (C=O) groups is 1. The lowest BCUT2D eigenvalue weighted by Crippen LogP contribution is -2.42. The molecule has 1 amide bonds. The molecule has 7 nitrogen and oxygen atoms in total. The summed E-state index contributed by atoms with van der Waals surface area (Å²) in [6.07, 6.45) is 4.90. The second-order valence-electron chi connectivity index (χ2n) is 7.50. The first-order chi connectivity index (χ1) is 14.5. The molecule has 1 aliphatic heterocycles. The van der Waals surface area contributed by atoms with Crippen LogP contribution in [0.1, 0.15) is 48.2 Å². The Labute approximate surface area is 179 Å². The highest BCUT2D eigenvalue weighted by Crippen LogP contribution is 2.31. The van der Waals surface area contributed by atoms with E-state index in [1.807, 2.05) is 24.3 Å². The molecule has 0 aliphatic carbocycles. The van der Waals surface area contributed by atoms with Gasteiger partial charge in [0.1, 0.15) is 18.3 Å². The van der Waals surface area contributed by atoms with Gasteiger partial charge in [0.25, 0.3) is 5.56 Å². The zero-order valence-corrected chi connectivity index (χ0v) is 17.5. The van der Waals surface area contributed by atoms with Gasteiger partial charge in [0.2, 0.25) is 11.8 Å². The molecule has 156 valence electrons. The summed E-state index contributed by atoms with van der Waals surface area (Å²) in [5.41, 5.74) is 1.36. The smallest absolute Gasteiger partial charge is 0.267 e. The van der Waals surface area contributed by atoms with E-state index in [4.69, 9.17) is 16.0 Å². The molecule has 1 fully saturated rings. The Morgan fingerprint density at radius 1 is 1.23 bits per heavy atom. The van der Waals surface area contributed by atoms with Gasteiger partial charge in [-0.15, -0.1) is 0 Å². The number of carbonyl (C=O) groups excluding carboxylic acids is 1. The molecule has 2 aromatic heterocycles. The van der Waals surface area contributed by atoms with Crippen molar-refractivity contribution < 1.29 is 9.21 Å². The lowest BCUT2D eigenvalue weighted by Gasteiger charge is -2.33. The number of rotatable bonds is 5. The summed E-state index contributed by atoms with van der Waals surface area (Å²) >= 11 is 6.25. The summed E-state index contributed by atoms with van der Waals surface area (Å²) in [4.78, 5) is 31.2. The molecule has 1 saturated heterocycles. The molecule has 0 N–H and O–H groups in total. The highest BCUT2D eigenvalue weighted by Gasteiger charge is 2.31. The van der Waals surface area contributed by atoms with Crippen molar-refractivity contribution in [2.24, 2.45) is 0 Å². The maximum Gasteiger partial charge on any atom is 0.267 e. The number of aryl methyl sites for hydroxylation is 1. The van der Waals surface area contributed by atoms with E-state index in [2.05, 4.69) is 10.1 Å². The molecule has 0 radical (unpaired) electrons. The number of benzene rings is 1. The normalized spacial score (nSPS) is 16.6. The van der Waals surface area contributed by atoms with Crippen LogP contribution in [-0.2, 0) is 17.8 Å². The zero-order chi connectivity index (χ0) is 21.1. The molecular formula is C22H23ClN4O3. The number of hydrogen-bond acceptors (Lipinski definition) is 5. The van der Waals surface area contributed by atoms with Gasteiger partial charge in [-0.2, -0.15) is 5.10 Å². The van der Waals surface area contributed by atoms with Crippen molar-refractivity contribution >= 4 is 17.5 Å². The molecule has 0 saturated carbocycles. The third-order valence-corrected chi connectivity index (χ3v) is 5.66. The number of nitrogens with zero attached hydrogens (tertiary/aromatic N) is 4. The minimum atomic E-state index is -0.291. The van der Waals surface area contributed by atoms with Crippen molar-refractivity contribution in [3.8, 4) is 0 Å². The van der Waals surface area contributed by atoms with Crippen molar-refractivity contribution in [3.05, 3.63) is 80.9 Å². The van der Waals surface area contributed by atoms with Crippen molar-refractivity contribution in [1.82, 2.24) is 19.7 Å². The van der Waals surface area contributed by atoms with Crippen LogP contribution in [0.5, 0.6) is 0 Å². The van der Waals surface area contributed by atoms with Crippen LogP contribution < -0.4 is 5.56 Å². The molecule has 1 aliphatic rings. The summed E-state index contributed by atoms with van der Waals surface area (Å²) in [6.45, 7) is 2.30. The Bertz CT molecular complexity index is 1110. The van der Waals surface area contributed by atoms with Crippen LogP contribution in [0.3, 0.4) is 0 Å². The molecule has 4 rings (SSSR count). The van der Waals surface area contributed by atoms with Crippen molar-refractivity contribution in [2.75, 3.05) is 6.54 Å². The molecule has 1 aromatic carbocycles. The topological polar surface area (TPSA) is 81.2 Å². The lowest BCUT2D eigenvalue weighted by molar-refractivity contribution is -0.136. The minimum absolute atomic E-state index is 0.0931. The Kier molecular flexibility index (Phi) is 5.99. The Morgan fingerprint density at radius 3 is 2.90 bits per heavy atom. The van der Waals surface area contributed by atoms with Gasteiger partial charge in [0.15, 0.2) is 0 Å². The average Bonchev–Trinajstić information content (AvgIpc) is 3.21. The number of oxazole rings is 1. The lowest BCUT2D eigenvalue weighted by atomic mass is 10.0. The van der Waals surface area contributed by atoms with Gasteiger partial charge >= 0.3 is 0 Å². The quantitative estimate of drug-likeness (QED) is 0.623. The van der Waals surface area contributed by atoms with Crippen molar-refractivity contribution in [3.63, 3.8) is 0 Å². The van der Waals surface area contributed by atoms with Crippen LogP contribution in [0.15, 0.2) is 51.8 Å². The molecule has 0 bridgehead atoms. The fourth-order valence-electron chi connectivity index (χ4n) is 3.76. The van der Waals surface area contributed by atoms with Gasteiger partial charge in [-0.25, -0.2) is 9.67 Å².